The van der Waals surface area contributed by atoms with Gasteiger partial charge in [-0.2, -0.15) is 0 Å². The average molecular weight is 228 g/mol. The second-order valence-corrected chi connectivity index (χ2v) is 3.60. The lowest BCUT2D eigenvalue weighted by atomic mass is 9.98. The Morgan fingerprint density at radius 2 is 1.94 bits per heavy atom. The third-order valence-corrected chi connectivity index (χ3v) is 2.34. The van der Waals surface area contributed by atoms with Crippen LogP contribution >= 0.6 is 0 Å². The smallest absolute Gasteiger partial charge is 0.129 e. The Hall–Kier alpha value is -1.26. The van der Waals surface area contributed by atoms with Crippen molar-refractivity contribution in [1.29, 1.82) is 0 Å². The Kier molecular flexibility index (Phi) is 4.58. The summed E-state index contributed by atoms with van der Waals surface area (Å²) in [5, 5.41) is 17.7. The van der Waals surface area contributed by atoms with Gasteiger partial charge in [0.1, 0.15) is 11.6 Å². The van der Waals surface area contributed by atoms with Gasteiger partial charge in [-0.05, 0) is 17.2 Å². The standard InChI is InChI=1S/C12H14F2O2/c1-8(4-9(6-15)7-16)11-3-2-10(13)5-12(11)14/h2-5,8,15-16H,6-7H2,1H3. The third kappa shape index (κ3) is 3.12. The number of benzene rings is 1. The van der Waals surface area contributed by atoms with E-state index in [1.165, 1.54) is 12.1 Å². The van der Waals surface area contributed by atoms with Crippen LogP contribution in [0.4, 0.5) is 8.78 Å². The van der Waals surface area contributed by atoms with Crippen molar-refractivity contribution < 1.29 is 19.0 Å². The summed E-state index contributed by atoms with van der Waals surface area (Å²) in [5.41, 5.74) is 0.747. The SMILES string of the molecule is CC(C=C(CO)CO)c1ccc(F)cc1F. The second kappa shape index (κ2) is 5.72. The predicted molar refractivity (Wildman–Crippen MR) is 57.0 cm³/mol. The van der Waals surface area contributed by atoms with Crippen molar-refractivity contribution in [2.75, 3.05) is 13.2 Å². The van der Waals surface area contributed by atoms with E-state index >= 15 is 0 Å². The molecule has 0 saturated carbocycles. The van der Waals surface area contributed by atoms with Crippen LogP contribution in [0.5, 0.6) is 0 Å². The Balaban J connectivity index is 2.96. The quantitative estimate of drug-likeness (QED) is 0.773. The van der Waals surface area contributed by atoms with Crippen LogP contribution in [0, 0.1) is 11.6 Å². The highest BCUT2D eigenvalue weighted by molar-refractivity contribution is 5.27. The fourth-order valence-electron chi connectivity index (χ4n) is 1.47. The number of halogens is 2. The molecule has 1 unspecified atom stereocenters. The van der Waals surface area contributed by atoms with Gasteiger partial charge in [0.05, 0.1) is 13.2 Å². The van der Waals surface area contributed by atoms with E-state index in [9.17, 15) is 8.78 Å². The van der Waals surface area contributed by atoms with E-state index in [0.717, 1.165) is 6.07 Å². The van der Waals surface area contributed by atoms with Gasteiger partial charge in [-0.25, -0.2) is 8.78 Å². The molecular formula is C12H14F2O2. The highest BCUT2D eigenvalue weighted by Crippen LogP contribution is 2.22. The number of allylic oxidation sites excluding steroid dienone is 1. The molecule has 1 atom stereocenters. The first kappa shape index (κ1) is 12.8. The maximum absolute atomic E-state index is 13.4. The molecule has 0 aliphatic heterocycles. The van der Waals surface area contributed by atoms with Crippen molar-refractivity contribution in [2.45, 2.75) is 12.8 Å². The summed E-state index contributed by atoms with van der Waals surface area (Å²) in [6.07, 6.45) is 1.57. The van der Waals surface area contributed by atoms with Crippen molar-refractivity contribution in [2.24, 2.45) is 0 Å². The molecular weight excluding hydrogens is 214 g/mol. The molecule has 0 spiro atoms. The third-order valence-electron chi connectivity index (χ3n) is 2.34. The Morgan fingerprint density at radius 1 is 1.31 bits per heavy atom. The van der Waals surface area contributed by atoms with E-state index in [0.29, 0.717) is 11.1 Å². The Labute approximate surface area is 92.9 Å². The first-order chi connectivity index (χ1) is 7.58. The zero-order valence-electron chi connectivity index (χ0n) is 8.95. The largest absolute Gasteiger partial charge is 0.392 e. The van der Waals surface area contributed by atoms with Gasteiger partial charge in [-0.15, -0.1) is 0 Å². The molecule has 0 bridgehead atoms. The maximum atomic E-state index is 13.4. The molecule has 1 aromatic carbocycles. The van der Waals surface area contributed by atoms with Gasteiger partial charge in [0.15, 0.2) is 0 Å². The van der Waals surface area contributed by atoms with E-state index in [1.54, 1.807) is 13.0 Å². The molecule has 0 fully saturated rings. The van der Waals surface area contributed by atoms with Gasteiger partial charge in [0.2, 0.25) is 0 Å². The van der Waals surface area contributed by atoms with Crippen LogP contribution in [0.1, 0.15) is 18.4 Å². The minimum absolute atomic E-state index is 0.274. The average Bonchev–Trinajstić information content (AvgIpc) is 2.25. The molecule has 0 aromatic heterocycles. The number of aliphatic hydroxyl groups excluding tert-OH is 2. The molecule has 2 N–H and O–H groups in total. The van der Waals surface area contributed by atoms with Crippen LogP contribution in [-0.4, -0.2) is 23.4 Å². The van der Waals surface area contributed by atoms with E-state index < -0.39 is 11.6 Å². The topological polar surface area (TPSA) is 40.5 Å². The normalized spacial score (nSPS) is 12.3. The summed E-state index contributed by atoms with van der Waals surface area (Å²) in [6, 6.07) is 3.36. The molecule has 0 saturated heterocycles. The maximum Gasteiger partial charge on any atom is 0.129 e. The van der Waals surface area contributed by atoms with Crippen LogP contribution in [-0.2, 0) is 0 Å². The van der Waals surface area contributed by atoms with Crippen molar-refractivity contribution in [1.82, 2.24) is 0 Å². The van der Waals surface area contributed by atoms with Crippen LogP contribution in [0.3, 0.4) is 0 Å². The van der Waals surface area contributed by atoms with E-state index in [-0.39, 0.29) is 19.1 Å². The van der Waals surface area contributed by atoms with Gasteiger partial charge < -0.3 is 10.2 Å². The Bertz CT molecular complexity index is 383. The first-order valence-corrected chi connectivity index (χ1v) is 4.94. The van der Waals surface area contributed by atoms with Crippen molar-refractivity contribution in [3.63, 3.8) is 0 Å². The molecule has 0 heterocycles. The number of aliphatic hydroxyl groups is 2. The lowest BCUT2D eigenvalue weighted by Crippen LogP contribution is -2.01. The van der Waals surface area contributed by atoms with E-state index in [4.69, 9.17) is 10.2 Å². The van der Waals surface area contributed by atoms with E-state index in [1.807, 2.05) is 0 Å². The zero-order chi connectivity index (χ0) is 12.1. The summed E-state index contributed by atoms with van der Waals surface area (Å²) in [4.78, 5) is 0. The lowest BCUT2D eigenvalue weighted by molar-refractivity contribution is 0.275. The van der Waals surface area contributed by atoms with Crippen LogP contribution in [0.15, 0.2) is 29.8 Å². The Morgan fingerprint density at radius 3 is 2.44 bits per heavy atom. The predicted octanol–water partition coefficient (Wildman–Crippen LogP) is 1.98. The van der Waals surface area contributed by atoms with Crippen molar-refractivity contribution in [3.05, 3.63) is 47.0 Å². The molecule has 4 heteroatoms. The molecule has 88 valence electrons. The van der Waals surface area contributed by atoms with Crippen molar-refractivity contribution in [3.8, 4) is 0 Å². The summed E-state index contributed by atoms with van der Waals surface area (Å²) < 4.78 is 26.0. The fraction of sp³-hybridized carbons (Fsp3) is 0.333. The molecule has 0 aliphatic carbocycles. The minimum atomic E-state index is -0.626. The molecule has 2 nitrogen and oxygen atoms in total. The van der Waals surface area contributed by atoms with Gasteiger partial charge in [0.25, 0.3) is 0 Å². The van der Waals surface area contributed by atoms with Gasteiger partial charge in [-0.1, -0.05) is 19.1 Å². The molecule has 0 aliphatic rings. The van der Waals surface area contributed by atoms with Crippen LogP contribution in [0.2, 0.25) is 0 Å². The van der Waals surface area contributed by atoms with Gasteiger partial charge in [-0.3, -0.25) is 0 Å². The van der Waals surface area contributed by atoms with Crippen molar-refractivity contribution >= 4 is 0 Å². The molecule has 1 aromatic rings. The number of hydrogen-bond acceptors (Lipinski definition) is 2. The lowest BCUT2D eigenvalue weighted by Gasteiger charge is -2.10. The highest BCUT2D eigenvalue weighted by atomic mass is 19.1. The van der Waals surface area contributed by atoms with Crippen LogP contribution < -0.4 is 0 Å². The molecule has 0 amide bonds. The highest BCUT2D eigenvalue weighted by Gasteiger charge is 2.10. The summed E-state index contributed by atoms with van der Waals surface area (Å²) in [5.74, 6) is -1.57. The zero-order valence-corrected chi connectivity index (χ0v) is 8.95. The van der Waals surface area contributed by atoms with Crippen LogP contribution in [0.25, 0.3) is 0 Å². The molecule has 16 heavy (non-hydrogen) atoms. The molecule has 0 radical (unpaired) electrons. The number of rotatable bonds is 4. The second-order valence-electron chi connectivity index (χ2n) is 3.60. The summed E-state index contributed by atoms with van der Waals surface area (Å²) >= 11 is 0. The van der Waals surface area contributed by atoms with Gasteiger partial charge in [0, 0.05) is 12.0 Å². The number of hydrogen-bond donors (Lipinski definition) is 2. The summed E-state index contributed by atoms with van der Waals surface area (Å²) in [6.45, 7) is 1.16. The molecule has 1 rings (SSSR count). The summed E-state index contributed by atoms with van der Waals surface area (Å²) in [7, 11) is 0. The first-order valence-electron chi connectivity index (χ1n) is 4.94. The van der Waals surface area contributed by atoms with Gasteiger partial charge >= 0.3 is 0 Å². The fourth-order valence-corrected chi connectivity index (χ4v) is 1.47. The monoisotopic (exact) mass is 228 g/mol. The minimum Gasteiger partial charge on any atom is -0.392 e. The van der Waals surface area contributed by atoms with E-state index in [2.05, 4.69) is 0 Å².